The summed E-state index contributed by atoms with van der Waals surface area (Å²) >= 11 is 7.38. The SMILES string of the molecule is O=C(O)c1cccc(C(=O)N(S)S)c1. The van der Waals surface area contributed by atoms with E-state index in [1.165, 1.54) is 24.3 Å². The van der Waals surface area contributed by atoms with Crippen molar-refractivity contribution in [2.45, 2.75) is 0 Å². The van der Waals surface area contributed by atoms with Crippen LogP contribution >= 0.6 is 25.6 Å². The fraction of sp³-hybridized carbons (Fsp3) is 0. The lowest BCUT2D eigenvalue weighted by molar-refractivity contribution is 0.0697. The van der Waals surface area contributed by atoms with Crippen LogP contribution in [0.3, 0.4) is 0 Å². The van der Waals surface area contributed by atoms with Gasteiger partial charge in [0.15, 0.2) is 0 Å². The minimum atomic E-state index is -1.08. The van der Waals surface area contributed by atoms with Gasteiger partial charge in [0.1, 0.15) is 0 Å². The van der Waals surface area contributed by atoms with E-state index in [0.29, 0.717) is 0 Å². The lowest BCUT2D eigenvalue weighted by Crippen LogP contribution is -2.12. The molecule has 4 nitrogen and oxygen atoms in total. The van der Waals surface area contributed by atoms with Crippen molar-refractivity contribution in [3.63, 3.8) is 0 Å². The van der Waals surface area contributed by atoms with Crippen molar-refractivity contribution < 1.29 is 14.7 Å². The van der Waals surface area contributed by atoms with Crippen molar-refractivity contribution in [2.24, 2.45) is 0 Å². The number of hydrogen-bond acceptors (Lipinski definition) is 4. The number of rotatable bonds is 2. The first-order valence-corrected chi connectivity index (χ1v) is 4.38. The lowest BCUT2D eigenvalue weighted by Gasteiger charge is -2.07. The summed E-state index contributed by atoms with van der Waals surface area (Å²) in [5, 5.41) is 8.67. The monoisotopic (exact) mass is 229 g/mol. The van der Waals surface area contributed by atoms with Crippen LogP contribution in [0.4, 0.5) is 0 Å². The number of carboxylic acid groups (broad SMARTS) is 1. The molecule has 1 amide bonds. The molecule has 0 aliphatic carbocycles. The summed E-state index contributed by atoms with van der Waals surface area (Å²) in [5.74, 6) is -1.55. The highest BCUT2D eigenvalue weighted by molar-refractivity contribution is 7.94. The molecule has 0 radical (unpaired) electrons. The zero-order valence-corrected chi connectivity index (χ0v) is 8.70. The van der Waals surface area contributed by atoms with Crippen LogP contribution in [0.5, 0.6) is 0 Å². The molecule has 0 saturated carbocycles. The Morgan fingerprint density at radius 3 is 2.29 bits per heavy atom. The molecule has 1 aromatic carbocycles. The second kappa shape index (κ2) is 4.39. The molecule has 0 aliphatic heterocycles. The zero-order valence-electron chi connectivity index (χ0n) is 6.91. The highest BCUT2D eigenvalue weighted by atomic mass is 32.2. The Labute approximate surface area is 91.6 Å². The maximum Gasteiger partial charge on any atom is 0.335 e. The highest BCUT2D eigenvalue weighted by Gasteiger charge is 2.11. The quantitative estimate of drug-likeness (QED) is 0.674. The van der Waals surface area contributed by atoms with Crippen molar-refractivity contribution in [1.29, 1.82) is 0 Å². The molecule has 74 valence electrons. The van der Waals surface area contributed by atoms with E-state index in [1.807, 2.05) is 0 Å². The van der Waals surface area contributed by atoms with Gasteiger partial charge in [0.05, 0.1) is 5.56 Å². The predicted octanol–water partition coefficient (Wildman–Crippen LogP) is 1.52. The molecule has 6 heteroatoms. The average molecular weight is 229 g/mol. The van der Waals surface area contributed by atoms with Gasteiger partial charge < -0.3 is 5.11 Å². The first-order chi connectivity index (χ1) is 6.52. The Morgan fingerprint density at radius 1 is 1.21 bits per heavy atom. The first kappa shape index (κ1) is 10.9. The minimum Gasteiger partial charge on any atom is -0.478 e. The summed E-state index contributed by atoms with van der Waals surface area (Å²) in [5.41, 5.74) is 0.286. The van der Waals surface area contributed by atoms with Gasteiger partial charge in [0.25, 0.3) is 5.91 Å². The Hall–Kier alpha value is -1.14. The van der Waals surface area contributed by atoms with Gasteiger partial charge in [0.2, 0.25) is 0 Å². The third kappa shape index (κ3) is 2.43. The van der Waals surface area contributed by atoms with Gasteiger partial charge in [-0.25, -0.2) is 8.51 Å². The maximum absolute atomic E-state index is 11.3. The second-order valence-electron chi connectivity index (χ2n) is 2.48. The van der Waals surface area contributed by atoms with Crippen LogP contribution in [0.2, 0.25) is 0 Å². The number of carboxylic acids is 1. The summed E-state index contributed by atoms with van der Waals surface area (Å²) in [7, 11) is 0. The van der Waals surface area contributed by atoms with Crippen molar-refractivity contribution >= 4 is 37.5 Å². The van der Waals surface area contributed by atoms with Crippen LogP contribution in [0.15, 0.2) is 24.3 Å². The van der Waals surface area contributed by atoms with Gasteiger partial charge in [0, 0.05) is 5.56 Å². The summed E-state index contributed by atoms with van der Waals surface area (Å²) in [6.07, 6.45) is 0. The molecular formula is C8H7NO3S2. The lowest BCUT2D eigenvalue weighted by atomic mass is 10.1. The van der Waals surface area contributed by atoms with Gasteiger partial charge in [-0.2, -0.15) is 0 Å². The standard InChI is InChI=1S/C8H7NO3S2/c10-7(9(13)14)5-2-1-3-6(4-5)8(11)12/h1-4,13-14H,(H,11,12). The van der Waals surface area contributed by atoms with E-state index in [-0.39, 0.29) is 11.1 Å². The van der Waals surface area contributed by atoms with E-state index >= 15 is 0 Å². The third-order valence-corrected chi connectivity index (χ3v) is 1.90. The van der Waals surface area contributed by atoms with Crippen LogP contribution in [-0.4, -0.2) is 20.7 Å². The fourth-order valence-corrected chi connectivity index (χ4v) is 1.13. The van der Waals surface area contributed by atoms with Gasteiger partial charge in [-0.3, -0.25) is 4.79 Å². The number of hydrogen-bond donors (Lipinski definition) is 3. The van der Waals surface area contributed by atoms with Crippen LogP contribution in [-0.2, 0) is 0 Å². The molecule has 1 N–H and O–H groups in total. The predicted molar refractivity (Wildman–Crippen MR) is 57.5 cm³/mol. The number of carbonyl (C=O) groups excluding carboxylic acids is 1. The molecule has 14 heavy (non-hydrogen) atoms. The Kier molecular flexibility index (Phi) is 3.43. The Morgan fingerprint density at radius 2 is 1.79 bits per heavy atom. The Bertz CT molecular complexity index is 379. The van der Waals surface area contributed by atoms with Crippen LogP contribution in [0, 0.1) is 0 Å². The van der Waals surface area contributed by atoms with Gasteiger partial charge in [-0.05, 0) is 18.2 Å². The number of nitrogens with zero attached hydrogens (tertiary/aromatic N) is 1. The van der Waals surface area contributed by atoms with E-state index in [0.717, 1.165) is 3.71 Å². The van der Waals surface area contributed by atoms with E-state index in [9.17, 15) is 9.59 Å². The molecule has 0 fully saturated rings. The first-order valence-electron chi connectivity index (χ1n) is 3.58. The number of amides is 1. The van der Waals surface area contributed by atoms with Crippen molar-refractivity contribution in [1.82, 2.24) is 3.71 Å². The largest absolute Gasteiger partial charge is 0.478 e. The minimum absolute atomic E-state index is 0.0550. The highest BCUT2D eigenvalue weighted by Crippen LogP contribution is 2.11. The van der Waals surface area contributed by atoms with Gasteiger partial charge in [-0.15, -0.1) is 0 Å². The molecule has 0 heterocycles. The zero-order chi connectivity index (χ0) is 10.7. The molecule has 0 unspecified atom stereocenters. The van der Waals surface area contributed by atoms with E-state index in [1.54, 1.807) is 0 Å². The fourth-order valence-electron chi connectivity index (χ4n) is 0.901. The Balaban J connectivity index is 3.06. The van der Waals surface area contributed by atoms with Gasteiger partial charge in [-0.1, -0.05) is 31.7 Å². The van der Waals surface area contributed by atoms with Crippen LogP contribution in [0.1, 0.15) is 20.7 Å². The number of aromatic carboxylic acids is 1. The average Bonchev–Trinajstić information content (AvgIpc) is 2.16. The third-order valence-electron chi connectivity index (χ3n) is 1.54. The molecule has 0 atom stereocenters. The van der Waals surface area contributed by atoms with Crippen LogP contribution in [0.25, 0.3) is 0 Å². The van der Waals surface area contributed by atoms with Crippen LogP contribution < -0.4 is 0 Å². The number of carbonyl (C=O) groups is 2. The number of thiol groups is 2. The van der Waals surface area contributed by atoms with Crippen molar-refractivity contribution in [3.05, 3.63) is 35.4 Å². The normalized spacial score (nSPS) is 9.57. The van der Waals surface area contributed by atoms with E-state index in [4.69, 9.17) is 5.11 Å². The van der Waals surface area contributed by atoms with Gasteiger partial charge >= 0.3 is 5.97 Å². The molecule has 0 spiro atoms. The molecule has 0 aliphatic rings. The molecule has 0 bridgehead atoms. The molecule has 1 aromatic rings. The topological polar surface area (TPSA) is 57.6 Å². The molecule has 1 rings (SSSR count). The van der Waals surface area contributed by atoms with E-state index in [2.05, 4.69) is 25.6 Å². The molecular weight excluding hydrogens is 222 g/mol. The van der Waals surface area contributed by atoms with Crippen molar-refractivity contribution in [3.8, 4) is 0 Å². The molecule has 0 aromatic heterocycles. The maximum atomic E-state index is 11.3. The smallest absolute Gasteiger partial charge is 0.335 e. The van der Waals surface area contributed by atoms with E-state index < -0.39 is 11.9 Å². The molecule has 0 saturated heterocycles. The summed E-state index contributed by atoms with van der Waals surface area (Å²) in [6, 6.07) is 5.65. The van der Waals surface area contributed by atoms with Crippen molar-refractivity contribution in [2.75, 3.05) is 0 Å². The summed E-state index contributed by atoms with van der Waals surface area (Å²) in [6.45, 7) is 0. The summed E-state index contributed by atoms with van der Waals surface area (Å²) < 4.78 is 0.793. The number of benzene rings is 1. The second-order valence-corrected chi connectivity index (χ2v) is 3.60. The summed E-state index contributed by atoms with van der Waals surface area (Å²) in [4.78, 5) is 21.9.